The van der Waals surface area contributed by atoms with Gasteiger partial charge in [-0.15, -0.1) is 0 Å². The van der Waals surface area contributed by atoms with Gasteiger partial charge in [-0.25, -0.2) is 0 Å². The van der Waals surface area contributed by atoms with Gasteiger partial charge in [-0.2, -0.15) is 0 Å². The summed E-state index contributed by atoms with van der Waals surface area (Å²) in [4.78, 5) is 38.3. The number of unbranched alkanes of at least 4 members (excludes halogenated alkanes) is 37. The molecule has 79 heavy (non-hydrogen) atoms. The molecule has 0 heterocycles. The minimum Gasteiger partial charge on any atom is -0.462 e. The van der Waals surface area contributed by atoms with Crippen LogP contribution in [0.5, 0.6) is 0 Å². The first-order chi connectivity index (χ1) is 39.0. The quantitative estimate of drug-likeness (QED) is 0.0261. The van der Waals surface area contributed by atoms with Crippen LogP contribution in [0.3, 0.4) is 0 Å². The number of allylic oxidation sites excluding steroid dienone is 14. The highest BCUT2D eigenvalue weighted by Crippen LogP contribution is 2.18. The third-order valence-electron chi connectivity index (χ3n) is 14.9. The molecule has 6 nitrogen and oxygen atoms in total. The summed E-state index contributed by atoms with van der Waals surface area (Å²) in [6, 6.07) is 0. The lowest BCUT2D eigenvalue weighted by Gasteiger charge is -2.18. The van der Waals surface area contributed by atoms with Gasteiger partial charge in [0.2, 0.25) is 0 Å². The maximum absolute atomic E-state index is 12.9. The van der Waals surface area contributed by atoms with Crippen molar-refractivity contribution in [3.8, 4) is 0 Å². The van der Waals surface area contributed by atoms with Gasteiger partial charge in [0, 0.05) is 19.3 Å². The average molecular weight is 1100 g/mol. The minimum absolute atomic E-state index is 0.0747. The minimum atomic E-state index is -0.777. The molecule has 0 aliphatic heterocycles. The second-order valence-corrected chi connectivity index (χ2v) is 22.7. The van der Waals surface area contributed by atoms with E-state index in [0.29, 0.717) is 19.3 Å². The normalized spacial score (nSPS) is 12.6. The molecule has 0 N–H and O–H groups in total. The standard InChI is InChI=1S/C73H128O6/c1-4-7-10-13-16-19-22-24-26-28-30-31-32-33-34-35-36-37-38-39-40-41-42-43-44-46-47-49-51-54-57-60-63-66-72(75)78-69-70(68-77-71(74)65-62-59-56-53-21-18-15-12-9-6-3)79-73(76)67-64-61-58-55-52-50-48-45-29-27-25-23-20-17-14-11-8-5-2/h7,10,12,15-16,19,24,26,30-31,33-34,36-37,70H,4-6,8-9,11,13-14,17-18,20-23,25,27-29,32,35,38-69H2,1-3H3/b10-7-,15-12-,19-16-,26-24-,31-30-,34-33-,37-36-. The SMILES string of the molecule is CC/C=C\C/C=C\C/C=C\C/C=C\C/C=C\C/C=C\CCCCCCCCCCCCCCCCC(=O)OCC(COC(=O)CCCCCCC/C=C\CCC)OC(=O)CCCCCCCCCCCCCCCCCCCC. The van der Waals surface area contributed by atoms with E-state index in [-0.39, 0.29) is 31.1 Å². The molecule has 0 amide bonds. The largest absolute Gasteiger partial charge is 0.462 e. The van der Waals surface area contributed by atoms with E-state index in [9.17, 15) is 14.4 Å². The Morgan fingerprint density at radius 3 is 0.835 bits per heavy atom. The Kier molecular flexibility index (Phi) is 64.2. The number of esters is 3. The summed E-state index contributed by atoms with van der Waals surface area (Å²) in [5.74, 6) is -0.869. The van der Waals surface area contributed by atoms with Crippen LogP contribution in [0.2, 0.25) is 0 Å². The van der Waals surface area contributed by atoms with Crippen molar-refractivity contribution >= 4 is 17.9 Å². The maximum Gasteiger partial charge on any atom is 0.306 e. The average Bonchev–Trinajstić information content (AvgIpc) is 3.45. The molecule has 0 aromatic rings. The first-order valence-corrected chi connectivity index (χ1v) is 34.1. The summed E-state index contributed by atoms with van der Waals surface area (Å²) >= 11 is 0. The molecule has 0 fully saturated rings. The first-order valence-electron chi connectivity index (χ1n) is 34.1. The predicted octanol–water partition coefficient (Wildman–Crippen LogP) is 23.4. The molecule has 0 bridgehead atoms. The van der Waals surface area contributed by atoms with Crippen molar-refractivity contribution in [1.29, 1.82) is 0 Å². The number of rotatable bonds is 62. The Morgan fingerprint density at radius 2 is 0.519 bits per heavy atom. The Bertz CT molecular complexity index is 1500. The van der Waals surface area contributed by atoms with E-state index in [0.717, 1.165) is 109 Å². The van der Waals surface area contributed by atoms with E-state index in [1.807, 2.05) is 0 Å². The Hall–Kier alpha value is -3.41. The second-order valence-electron chi connectivity index (χ2n) is 22.7. The van der Waals surface area contributed by atoms with Crippen molar-refractivity contribution < 1.29 is 28.6 Å². The van der Waals surface area contributed by atoms with E-state index >= 15 is 0 Å². The van der Waals surface area contributed by atoms with E-state index < -0.39 is 6.10 Å². The summed E-state index contributed by atoms with van der Waals surface area (Å²) in [6.45, 7) is 6.50. The van der Waals surface area contributed by atoms with Gasteiger partial charge >= 0.3 is 17.9 Å². The lowest BCUT2D eigenvalue weighted by Crippen LogP contribution is -2.30. The summed E-state index contributed by atoms with van der Waals surface area (Å²) in [6.07, 6.45) is 89.0. The van der Waals surface area contributed by atoms with Gasteiger partial charge in [0.05, 0.1) is 0 Å². The molecule has 6 heteroatoms. The number of carbonyl (C=O) groups excluding carboxylic acids is 3. The van der Waals surface area contributed by atoms with E-state index in [2.05, 4.69) is 106 Å². The summed E-state index contributed by atoms with van der Waals surface area (Å²) in [5.41, 5.74) is 0. The van der Waals surface area contributed by atoms with Crippen LogP contribution in [0.1, 0.15) is 342 Å². The van der Waals surface area contributed by atoms with Crippen LogP contribution in [0.25, 0.3) is 0 Å². The molecule has 1 atom stereocenters. The van der Waals surface area contributed by atoms with Gasteiger partial charge < -0.3 is 14.2 Å². The highest BCUT2D eigenvalue weighted by atomic mass is 16.6. The summed E-state index contributed by atoms with van der Waals surface area (Å²) in [7, 11) is 0. The molecule has 0 aromatic carbocycles. The molecule has 0 aliphatic rings. The molecular weight excluding hydrogens is 973 g/mol. The Labute approximate surface area is 490 Å². The van der Waals surface area contributed by atoms with Crippen LogP contribution in [0.15, 0.2) is 85.1 Å². The van der Waals surface area contributed by atoms with E-state index in [1.54, 1.807) is 0 Å². The number of ether oxygens (including phenoxy) is 3. The van der Waals surface area contributed by atoms with Crippen LogP contribution >= 0.6 is 0 Å². The lowest BCUT2D eigenvalue weighted by atomic mass is 10.0. The molecule has 0 saturated heterocycles. The zero-order valence-electron chi connectivity index (χ0n) is 52.4. The maximum atomic E-state index is 12.9. The lowest BCUT2D eigenvalue weighted by molar-refractivity contribution is -0.167. The van der Waals surface area contributed by atoms with Gasteiger partial charge in [0.25, 0.3) is 0 Å². The third-order valence-corrected chi connectivity index (χ3v) is 14.9. The monoisotopic (exact) mass is 1100 g/mol. The molecule has 0 aliphatic carbocycles. The molecule has 456 valence electrons. The summed E-state index contributed by atoms with van der Waals surface area (Å²) < 4.78 is 16.9. The van der Waals surface area contributed by atoms with Crippen LogP contribution in [-0.4, -0.2) is 37.2 Å². The van der Waals surface area contributed by atoms with Crippen LogP contribution in [-0.2, 0) is 28.6 Å². The van der Waals surface area contributed by atoms with Crippen LogP contribution in [0, 0.1) is 0 Å². The fraction of sp³-hybridized carbons (Fsp3) is 0.767. The van der Waals surface area contributed by atoms with Gasteiger partial charge in [-0.05, 0) is 89.9 Å². The fourth-order valence-electron chi connectivity index (χ4n) is 9.80. The van der Waals surface area contributed by atoms with Crippen molar-refractivity contribution in [2.24, 2.45) is 0 Å². The number of hydrogen-bond acceptors (Lipinski definition) is 6. The van der Waals surface area contributed by atoms with E-state index in [4.69, 9.17) is 14.2 Å². The topological polar surface area (TPSA) is 78.9 Å². The van der Waals surface area contributed by atoms with Gasteiger partial charge in [0.15, 0.2) is 6.10 Å². The molecule has 0 radical (unpaired) electrons. The van der Waals surface area contributed by atoms with E-state index in [1.165, 1.54) is 193 Å². The highest BCUT2D eigenvalue weighted by molar-refractivity contribution is 5.71. The second kappa shape index (κ2) is 67.1. The summed E-state index contributed by atoms with van der Waals surface area (Å²) in [5, 5.41) is 0. The highest BCUT2D eigenvalue weighted by Gasteiger charge is 2.19. The van der Waals surface area contributed by atoms with Crippen molar-refractivity contribution in [2.45, 2.75) is 348 Å². The van der Waals surface area contributed by atoms with Crippen LogP contribution < -0.4 is 0 Å². The van der Waals surface area contributed by atoms with Crippen molar-refractivity contribution in [3.63, 3.8) is 0 Å². The molecule has 0 saturated carbocycles. The Morgan fingerprint density at radius 1 is 0.266 bits per heavy atom. The van der Waals surface area contributed by atoms with Gasteiger partial charge in [-0.1, -0.05) is 318 Å². The molecular formula is C73H128O6. The zero-order valence-corrected chi connectivity index (χ0v) is 52.4. The smallest absolute Gasteiger partial charge is 0.306 e. The number of carbonyl (C=O) groups is 3. The number of hydrogen-bond donors (Lipinski definition) is 0. The predicted molar refractivity (Wildman–Crippen MR) is 344 cm³/mol. The Balaban J connectivity index is 4.12. The first kappa shape index (κ1) is 75.6. The zero-order chi connectivity index (χ0) is 57.1. The van der Waals surface area contributed by atoms with Gasteiger partial charge in [-0.3, -0.25) is 14.4 Å². The van der Waals surface area contributed by atoms with Crippen LogP contribution in [0.4, 0.5) is 0 Å². The molecule has 0 aromatic heterocycles. The fourth-order valence-corrected chi connectivity index (χ4v) is 9.80. The molecule has 1 unspecified atom stereocenters. The van der Waals surface area contributed by atoms with Crippen molar-refractivity contribution in [3.05, 3.63) is 85.1 Å². The molecule has 0 spiro atoms. The van der Waals surface area contributed by atoms with Gasteiger partial charge in [0.1, 0.15) is 13.2 Å². The molecule has 0 rings (SSSR count). The van der Waals surface area contributed by atoms with Crippen molar-refractivity contribution in [2.75, 3.05) is 13.2 Å². The third kappa shape index (κ3) is 65.3. The van der Waals surface area contributed by atoms with Crippen molar-refractivity contribution in [1.82, 2.24) is 0 Å².